The fourth-order valence-corrected chi connectivity index (χ4v) is 2.16. The van der Waals surface area contributed by atoms with E-state index < -0.39 is 10.5 Å². The summed E-state index contributed by atoms with van der Waals surface area (Å²) in [5, 5.41) is 24.0. The molecule has 8 nitrogen and oxygen atoms in total. The van der Waals surface area contributed by atoms with E-state index in [1.165, 1.54) is 6.92 Å². The number of aromatic nitrogens is 2. The number of nitrogens with two attached hydrogens (primary N) is 1. The molecule has 0 radical (unpaired) electrons. The van der Waals surface area contributed by atoms with Crippen molar-refractivity contribution in [2.24, 2.45) is 5.92 Å². The molecule has 0 saturated carbocycles. The second-order valence-corrected chi connectivity index (χ2v) is 5.57. The van der Waals surface area contributed by atoms with Gasteiger partial charge in [-0.2, -0.15) is 4.98 Å². The van der Waals surface area contributed by atoms with Crippen LogP contribution in [0, 0.1) is 23.0 Å². The molecule has 1 unspecified atom stereocenters. The lowest BCUT2D eigenvalue weighted by Crippen LogP contribution is -2.35. The van der Waals surface area contributed by atoms with Crippen LogP contribution in [-0.2, 0) is 0 Å². The van der Waals surface area contributed by atoms with Crippen LogP contribution in [0.4, 0.5) is 17.5 Å². The van der Waals surface area contributed by atoms with E-state index in [1.807, 2.05) is 13.8 Å². The number of nitrogen functional groups attached to an aromatic ring is 1. The maximum Gasteiger partial charge on any atom is 0.332 e. The predicted octanol–water partition coefficient (Wildman–Crippen LogP) is 1.48. The van der Waals surface area contributed by atoms with Crippen molar-refractivity contribution in [3.63, 3.8) is 0 Å². The van der Waals surface area contributed by atoms with Crippen molar-refractivity contribution in [2.45, 2.75) is 39.7 Å². The molecule has 0 saturated heterocycles. The number of nitrogens with zero attached hydrogens (tertiary/aromatic N) is 3. The van der Waals surface area contributed by atoms with Crippen LogP contribution in [0.5, 0.6) is 0 Å². The Bertz CT molecular complexity index is 502. The average Bonchev–Trinajstić information content (AvgIpc) is 2.22. The minimum Gasteiger partial charge on any atom is -0.388 e. The maximum atomic E-state index is 11.0. The number of hydrogen-bond acceptors (Lipinski definition) is 7. The Kier molecular flexibility index (Phi) is 4.83. The number of nitrogens with one attached hydrogen (secondary N) is 1. The molecule has 0 aromatic carbocycles. The smallest absolute Gasteiger partial charge is 0.332 e. The van der Waals surface area contributed by atoms with Crippen LogP contribution < -0.4 is 11.1 Å². The van der Waals surface area contributed by atoms with Crippen molar-refractivity contribution < 1.29 is 10.0 Å². The van der Waals surface area contributed by atoms with Gasteiger partial charge in [-0.1, -0.05) is 13.8 Å². The first-order chi connectivity index (χ1) is 9.12. The first kappa shape index (κ1) is 16.1. The van der Waals surface area contributed by atoms with Gasteiger partial charge in [-0.3, -0.25) is 10.1 Å². The van der Waals surface area contributed by atoms with E-state index >= 15 is 0 Å². The standard InChI is InChI=1S/C12H21N5O3/c1-7(2)5-12(4,18)6-14-10-9(17(19)20)8(3)15-11(13)16-10/h7,18H,5-6H2,1-4H3,(H3,13,14,15,16). The maximum absolute atomic E-state index is 11.0. The predicted molar refractivity (Wildman–Crippen MR) is 76.4 cm³/mol. The quantitative estimate of drug-likeness (QED) is 0.533. The number of aryl methyl sites for hydroxylation is 1. The zero-order valence-electron chi connectivity index (χ0n) is 12.2. The normalized spacial score (nSPS) is 14.1. The third-order valence-electron chi connectivity index (χ3n) is 2.74. The summed E-state index contributed by atoms with van der Waals surface area (Å²) in [4.78, 5) is 18.1. The topological polar surface area (TPSA) is 127 Å². The van der Waals surface area contributed by atoms with Gasteiger partial charge < -0.3 is 16.2 Å². The highest BCUT2D eigenvalue weighted by molar-refractivity contribution is 5.60. The number of nitro groups is 1. The molecule has 1 aromatic heterocycles. The SMILES string of the molecule is Cc1nc(N)nc(NCC(C)(O)CC(C)C)c1[N+](=O)[O-]. The van der Waals surface area contributed by atoms with Gasteiger partial charge in [0.15, 0.2) is 0 Å². The second-order valence-electron chi connectivity index (χ2n) is 5.57. The van der Waals surface area contributed by atoms with Crippen LogP contribution in [0.2, 0.25) is 0 Å². The highest BCUT2D eigenvalue weighted by Gasteiger charge is 2.26. The Morgan fingerprint density at radius 2 is 2.10 bits per heavy atom. The van der Waals surface area contributed by atoms with Gasteiger partial charge in [-0.25, -0.2) is 4.98 Å². The molecule has 0 fully saturated rings. The third-order valence-corrected chi connectivity index (χ3v) is 2.74. The zero-order chi connectivity index (χ0) is 15.5. The van der Waals surface area contributed by atoms with Crippen LogP contribution in [0.15, 0.2) is 0 Å². The van der Waals surface area contributed by atoms with Crippen LogP contribution in [0.3, 0.4) is 0 Å². The fourth-order valence-electron chi connectivity index (χ4n) is 2.16. The molecule has 20 heavy (non-hydrogen) atoms. The average molecular weight is 283 g/mol. The van der Waals surface area contributed by atoms with Gasteiger partial charge in [-0.05, 0) is 26.2 Å². The first-order valence-corrected chi connectivity index (χ1v) is 6.37. The summed E-state index contributed by atoms with van der Waals surface area (Å²) in [6.07, 6.45) is 0.563. The van der Waals surface area contributed by atoms with Crippen molar-refractivity contribution in [3.8, 4) is 0 Å². The largest absolute Gasteiger partial charge is 0.388 e. The summed E-state index contributed by atoms with van der Waals surface area (Å²) < 4.78 is 0. The van der Waals surface area contributed by atoms with Gasteiger partial charge in [0.25, 0.3) is 0 Å². The van der Waals surface area contributed by atoms with Crippen molar-refractivity contribution in [1.82, 2.24) is 9.97 Å². The molecule has 1 aromatic rings. The van der Waals surface area contributed by atoms with Gasteiger partial charge >= 0.3 is 5.69 Å². The van der Waals surface area contributed by atoms with Crippen LogP contribution >= 0.6 is 0 Å². The molecule has 0 aliphatic heterocycles. The molecule has 0 aliphatic rings. The van der Waals surface area contributed by atoms with Gasteiger partial charge in [0.1, 0.15) is 5.69 Å². The molecule has 0 spiro atoms. The molecule has 8 heteroatoms. The van der Waals surface area contributed by atoms with Gasteiger partial charge in [0.05, 0.1) is 10.5 Å². The number of rotatable bonds is 6. The molecule has 1 atom stereocenters. The minimum absolute atomic E-state index is 0.0315. The zero-order valence-corrected chi connectivity index (χ0v) is 12.2. The van der Waals surface area contributed by atoms with E-state index in [0.29, 0.717) is 12.3 Å². The van der Waals surface area contributed by atoms with E-state index in [4.69, 9.17) is 5.73 Å². The van der Waals surface area contributed by atoms with Gasteiger partial charge in [0, 0.05) is 6.54 Å². The molecule has 112 valence electrons. The molecule has 0 amide bonds. The molecular weight excluding hydrogens is 262 g/mol. The Hall–Kier alpha value is -1.96. The highest BCUT2D eigenvalue weighted by Crippen LogP contribution is 2.27. The summed E-state index contributed by atoms with van der Waals surface area (Å²) in [5.74, 6) is 0.294. The molecular formula is C12H21N5O3. The number of anilines is 2. The van der Waals surface area contributed by atoms with Gasteiger partial charge in [0.2, 0.25) is 11.8 Å². The highest BCUT2D eigenvalue weighted by atomic mass is 16.6. The Balaban J connectivity index is 2.95. The molecule has 1 heterocycles. The van der Waals surface area contributed by atoms with Crippen molar-refractivity contribution in [1.29, 1.82) is 0 Å². The summed E-state index contributed by atoms with van der Waals surface area (Å²) in [6, 6.07) is 0. The molecule has 0 aliphatic carbocycles. The molecule has 1 rings (SSSR count). The Morgan fingerprint density at radius 1 is 1.50 bits per heavy atom. The van der Waals surface area contributed by atoms with Crippen molar-refractivity contribution in [2.75, 3.05) is 17.6 Å². The van der Waals surface area contributed by atoms with Crippen LogP contribution in [0.1, 0.15) is 32.9 Å². The van der Waals surface area contributed by atoms with Crippen LogP contribution in [0.25, 0.3) is 0 Å². The summed E-state index contributed by atoms with van der Waals surface area (Å²) in [6.45, 7) is 7.28. The summed E-state index contributed by atoms with van der Waals surface area (Å²) in [7, 11) is 0. The lowest BCUT2D eigenvalue weighted by Gasteiger charge is -2.25. The van der Waals surface area contributed by atoms with Crippen molar-refractivity contribution in [3.05, 3.63) is 15.8 Å². The second kappa shape index (κ2) is 6.00. The third kappa shape index (κ3) is 4.30. The van der Waals surface area contributed by atoms with E-state index in [9.17, 15) is 15.2 Å². The van der Waals surface area contributed by atoms with Crippen LogP contribution in [-0.4, -0.2) is 32.1 Å². The number of hydrogen-bond donors (Lipinski definition) is 3. The van der Waals surface area contributed by atoms with E-state index in [1.54, 1.807) is 6.92 Å². The minimum atomic E-state index is -0.990. The molecule has 0 bridgehead atoms. The lowest BCUT2D eigenvalue weighted by atomic mass is 9.94. The number of aliphatic hydroxyl groups is 1. The summed E-state index contributed by atoms with van der Waals surface area (Å²) in [5.41, 5.74) is 4.48. The van der Waals surface area contributed by atoms with Crippen molar-refractivity contribution >= 4 is 17.5 Å². The monoisotopic (exact) mass is 283 g/mol. The summed E-state index contributed by atoms with van der Waals surface area (Å²) >= 11 is 0. The Labute approximate surface area is 117 Å². The first-order valence-electron chi connectivity index (χ1n) is 6.37. The van der Waals surface area contributed by atoms with Gasteiger partial charge in [-0.15, -0.1) is 0 Å². The molecule has 4 N–H and O–H groups in total. The van der Waals surface area contributed by atoms with E-state index in [2.05, 4.69) is 15.3 Å². The fraction of sp³-hybridized carbons (Fsp3) is 0.667. The van der Waals surface area contributed by atoms with E-state index in [-0.39, 0.29) is 29.7 Å². The lowest BCUT2D eigenvalue weighted by molar-refractivity contribution is -0.385. The Morgan fingerprint density at radius 3 is 2.60 bits per heavy atom. The van der Waals surface area contributed by atoms with E-state index in [0.717, 1.165) is 0 Å².